The topological polar surface area (TPSA) is 0 Å². The maximum absolute atomic E-state index is 3.82. The minimum atomic E-state index is 0.200. The van der Waals surface area contributed by atoms with E-state index in [0.29, 0.717) is 0 Å². The molecule has 0 nitrogen and oxygen atoms in total. The van der Waals surface area contributed by atoms with Crippen molar-refractivity contribution in [2.24, 2.45) is 0 Å². The first-order valence-corrected chi connectivity index (χ1v) is 8.63. The van der Waals surface area contributed by atoms with Gasteiger partial charge < -0.3 is 0 Å². The highest BCUT2D eigenvalue weighted by atomic mass is 32.1. The molecule has 0 aliphatic heterocycles. The molecule has 1 aromatic heterocycles. The van der Waals surface area contributed by atoms with Gasteiger partial charge in [-0.3, -0.25) is 0 Å². The Morgan fingerprint density at radius 3 is 2.68 bits per heavy atom. The van der Waals surface area contributed by atoms with Gasteiger partial charge in [-0.15, -0.1) is 5.98 Å². The molecule has 2 rings (SSSR count). The highest BCUT2D eigenvalue weighted by Gasteiger charge is 2.14. The molecule has 0 unspecified atom stereocenters. The molecule has 0 saturated heterocycles. The molecule has 0 N–H and O–H groups in total. The van der Waals surface area contributed by atoms with Gasteiger partial charge in [0, 0.05) is 4.70 Å². The predicted molar refractivity (Wildman–Crippen MR) is 104 cm³/mol. The monoisotopic (exact) mass is 307 g/mol. The summed E-state index contributed by atoms with van der Waals surface area (Å²) in [5.41, 5.74) is 2.85. The highest BCUT2D eigenvalue weighted by Crippen LogP contribution is 2.27. The SMILES string of the molecule is C=C/C(=C\C=C\[B]c1cc2cc(C(C)(C)C)ccc2s1)CC. The Hall–Kier alpha value is -1.54. The molecule has 0 aliphatic carbocycles. The summed E-state index contributed by atoms with van der Waals surface area (Å²) in [6, 6.07) is 9.09. The molecule has 0 spiro atoms. The van der Waals surface area contributed by atoms with Gasteiger partial charge in [0.2, 0.25) is 0 Å². The highest BCUT2D eigenvalue weighted by molar-refractivity contribution is 7.27. The van der Waals surface area contributed by atoms with E-state index in [0.717, 1.165) is 6.42 Å². The van der Waals surface area contributed by atoms with E-state index in [9.17, 15) is 0 Å². The number of allylic oxidation sites excluding steroid dienone is 4. The first-order chi connectivity index (χ1) is 10.4. The van der Waals surface area contributed by atoms with Crippen LogP contribution >= 0.6 is 11.3 Å². The first-order valence-electron chi connectivity index (χ1n) is 7.81. The van der Waals surface area contributed by atoms with Crippen molar-refractivity contribution in [2.45, 2.75) is 39.5 Å². The molecule has 1 heterocycles. The second-order valence-corrected chi connectivity index (χ2v) is 7.62. The van der Waals surface area contributed by atoms with Gasteiger partial charge in [-0.1, -0.05) is 58.6 Å². The molecule has 0 aliphatic rings. The fourth-order valence-corrected chi connectivity index (χ4v) is 3.23. The summed E-state index contributed by atoms with van der Waals surface area (Å²) in [5.74, 6) is 2.11. The van der Waals surface area contributed by atoms with E-state index in [1.165, 1.54) is 26.0 Å². The Labute approximate surface area is 139 Å². The second-order valence-electron chi connectivity index (χ2n) is 6.50. The fraction of sp³-hybridized carbons (Fsp3) is 0.300. The van der Waals surface area contributed by atoms with Crippen LogP contribution in [0.5, 0.6) is 0 Å². The molecular formula is C20H24BS. The standard InChI is InChI=1S/C20H24BS/c1-6-15(7-2)9-8-12-21-19-14-16-13-17(20(3,4)5)10-11-18(16)22-19/h6,8-14H,1,7H2,2-5H3/b12-8+,15-9+. The van der Waals surface area contributed by atoms with Crippen molar-refractivity contribution in [1.82, 2.24) is 0 Å². The lowest BCUT2D eigenvalue weighted by molar-refractivity contribution is 0.591. The minimum absolute atomic E-state index is 0.200. The molecule has 0 bridgehead atoms. The average Bonchev–Trinajstić information content (AvgIpc) is 2.88. The van der Waals surface area contributed by atoms with Crippen LogP contribution in [-0.4, -0.2) is 7.28 Å². The molecule has 0 atom stereocenters. The summed E-state index contributed by atoms with van der Waals surface area (Å²) in [4.78, 5) is 0. The minimum Gasteiger partial charge on any atom is -0.151 e. The molecule has 0 saturated carbocycles. The summed E-state index contributed by atoms with van der Waals surface area (Å²) >= 11 is 1.84. The fourth-order valence-electron chi connectivity index (χ4n) is 2.27. The number of thiophene rings is 1. The van der Waals surface area contributed by atoms with Crippen LogP contribution in [0.1, 0.15) is 39.7 Å². The van der Waals surface area contributed by atoms with Crippen LogP contribution in [-0.2, 0) is 5.41 Å². The Kier molecular flexibility index (Phi) is 5.47. The average molecular weight is 307 g/mol. The van der Waals surface area contributed by atoms with Crippen LogP contribution in [0.4, 0.5) is 0 Å². The number of benzene rings is 1. The molecule has 22 heavy (non-hydrogen) atoms. The molecule has 1 aromatic carbocycles. The summed E-state index contributed by atoms with van der Waals surface area (Å²) in [7, 11) is 2.17. The van der Waals surface area contributed by atoms with Crippen molar-refractivity contribution in [3.05, 3.63) is 66.2 Å². The Bertz CT molecular complexity index is 711. The quantitative estimate of drug-likeness (QED) is 0.501. The van der Waals surface area contributed by atoms with Gasteiger partial charge in [0.05, 0.1) is 0 Å². The maximum Gasteiger partial charge on any atom is 0.195 e. The molecular weight excluding hydrogens is 283 g/mol. The van der Waals surface area contributed by atoms with Crippen molar-refractivity contribution in [3.8, 4) is 0 Å². The third-order valence-corrected chi connectivity index (χ3v) is 4.84. The van der Waals surface area contributed by atoms with Crippen LogP contribution in [0.3, 0.4) is 0 Å². The van der Waals surface area contributed by atoms with Crippen LogP contribution < -0.4 is 4.78 Å². The summed E-state index contributed by atoms with van der Waals surface area (Å²) in [5, 5.41) is 1.34. The third-order valence-electron chi connectivity index (χ3n) is 3.75. The molecule has 2 aromatic rings. The van der Waals surface area contributed by atoms with Crippen molar-refractivity contribution in [3.63, 3.8) is 0 Å². The van der Waals surface area contributed by atoms with Crippen molar-refractivity contribution in [1.29, 1.82) is 0 Å². The zero-order valence-corrected chi connectivity index (χ0v) is 14.8. The maximum atomic E-state index is 3.82. The summed E-state index contributed by atoms with van der Waals surface area (Å²) < 4.78 is 2.64. The van der Waals surface area contributed by atoms with Gasteiger partial charge >= 0.3 is 0 Å². The van der Waals surface area contributed by atoms with Gasteiger partial charge in [0.1, 0.15) is 0 Å². The normalized spacial score (nSPS) is 13.0. The lowest BCUT2D eigenvalue weighted by atomic mass is 9.76. The van der Waals surface area contributed by atoms with Gasteiger partial charge in [-0.25, -0.2) is 0 Å². The van der Waals surface area contributed by atoms with E-state index < -0.39 is 0 Å². The number of hydrogen-bond donors (Lipinski definition) is 0. The van der Waals surface area contributed by atoms with E-state index in [2.05, 4.69) is 83.9 Å². The van der Waals surface area contributed by atoms with Gasteiger partial charge in [0.15, 0.2) is 7.28 Å². The second kappa shape index (κ2) is 7.15. The lowest BCUT2D eigenvalue weighted by Gasteiger charge is -2.18. The molecule has 2 heteroatoms. The number of rotatable bonds is 5. The number of fused-ring (bicyclic) bond motifs is 1. The Balaban J connectivity index is 2.15. The van der Waals surface area contributed by atoms with Gasteiger partial charge in [-0.05, 0) is 51.3 Å². The van der Waals surface area contributed by atoms with Crippen molar-refractivity contribution >= 4 is 33.5 Å². The Morgan fingerprint density at radius 2 is 2.05 bits per heavy atom. The first kappa shape index (κ1) is 16.8. The molecule has 0 amide bonds. The predicted octanol–water partition coefficient (Wildman–Crippen LogP) is 5.56. The zero-order valence-electron chi connectivity index (χ0n) is 14.0. The lowest BCUT2D eigenvalue weighted by Crippen LogP contribution is -2.10. The van der Waals surface area contributed by atoms with E-state index in [1.54, 1.807) is 0 Å². The van der Waals surface area contributed by atoms with Crippen LogP contribution in [0, 0.1) is 0 Å². The zero-order chi connectivity index (χ0) is 16.2. The van der Waals surface area contributed by atoms with E-state index >= 15 is 0 Å². The van der Waals surface area contributed by atoms with E-state index in [1.807, 2.05) is 17.4 Å². The molecule has 113 valence electrons. The van der Waals surface area contributed by atoms with Crippen molar-refractivity contribution < 1.29 is 0 Å². The summed E-state index contributed by atoms with van der Waals surface area (Å²) in [6.07, 6.45) is 7.14. The van der Waals surface area contributed by atoms with Crippen LogP contribution in [0.25, 0.3) is 10.1 Å². The third kappa shape index (κ3) is 4.24. The van der Waals surface area contributed by atoms with Crippen molar-refractivity contribution in [2.75, 3.05) is 0 Å². The molecule has 0 fully saturated rings. The smallest absolute Gasteiger partial charge is 0.151 e. The largest absolute Gasteiger partial charge is 0.195 e. The van der Waals surface area contributed by atoms with E-state index in [-0.39, 0.29) is 5.41 Å². The molecule has 1 radical (unpaired) electrons. The van der Waals surface area contributed by atoms with Crippen LogP contribution in [0.2, 0.25) is 0 Å². The Morgan fingerprint density at radius 1 is 1.27 bits per heavy atom. The van der Waals surface area contributed by atoms with Gasteiger partial charge in [0.25, 0.3) is 0 Å². The summed E-state index contributed by atoms with van der Waals surface area (Å²) in [6.45, 7) is 12.7. The number of hydrogen-bond acceptors (Lipinski definition) is 1. The van der Waals surface area contributed by atoms with Gasteiger partial charge in [-0.2, -0.15) is 11.3 Å². The van der Waals surface area contributed by atoms with E-state index in [4.69, 9.17) is 0 Å². The van der Waals surface area contributed by atoms with Crippen LogP contribution in [0.15, 0.2) is 60.6 Å².